The van der Waals surface area contributed by atoms with Crippen molar-refractivity contribution in [1.82, 2.24) is 14.8 Å². The van der Waals surface area contributed by atoms with Crippen LogP contribution in [0.1, 0.15) is 0 Å². The van der Waals surface area contributed by atoms with Gasteiger partial charge in [0.15, 0.2) is 0 Å². The highest BCUT2D eigenvalue weighted by molar-refractivity contribution is 5.80. The van der Waals surface area contributed by atoms with Crippen LogP contribution >= 0.6 is 0 Å². The van der Waals surface area contributed by atoms with Crippen molar-refractivity contribution in [3.05, 3.63) is 42.7 Å². The predicted octanol–water partition coefficient (Wildman–Crippen LogP) is 2.80. The van der Waals surface area contributed by atoms with Crippen molar-refractivity contribution in [1.29, 1.82) is 0 Å². The Morgan fingerprint density at radius 2 is 2.16 bits per heavy atom. The molecule has 0 saturated heterocycles. The molecule has 0 unspecified atom stereocenters. The monoisotopic (exact) mass is 254 g/mol. The van der Waals surface area contributed by atoms with E-state index in [0.29, 0.717) is 5.88 Å². The molecule has 5 nitrogen and oxygen atoms in total. The van der Waals surface area contributed by atoms with E-state index in [1.54, 1.807) is 6.20 Å². The maximum absolute atomic E-state index is 5.81. The molecule has 1 aromatic carbocycles. The van der Waals surface area contributed by atoms with E-state index < -0.39 is 0 Å². The van der Waals surface area contributed by atoms with Gasteiger partial charge in [-0.3, -0.25) is 4.68 Å². The summed E-state index contributed by atoms with van der Waals surface area (Å²) in [6.45, 7) is 0. The van der Waals surface area contributed by atoms with Gasteiger partial charge in [0.05, 0.1) is 17.4 Å². The van der Waals surface area contributed by atoms with Crippen LogP contribution in [0.25, 0.3) is 10.9 Å². The van der Waals surface area contributed by atoms with Gasteiger partial charge in [-0.15, -0.1) is 0 Å². The average molecular weight is 254 g/mol. The zero-order valence-electron chi connectivity index (χ0n) is 10.8. The molecule has 2 aromatic heterocycles. The van der Waals surface area contributed by atoms with Gasteiger partial charge in [0, 0.05) is 25.7 Å². The molecule has 5 heteroatoms. The van der Waals surface area contributed by atoms with Gasteiger partial charge in [-0.25, -0.2) is 4.98 Å². The highest BCUT2D eigenvalue weighted by atomic mass is 16.5. The summed E-state index contributed by atoms with van der Waals surface area (Å²) < 4.78 is 7.64. The molecule has 0 saturated carbocycles. The third-order valence-corrected chi connectivity index (χ3v) is 2.97. The van der Waals surface area contributed by atoms with Crippen molar-refractivity contribution in [2.24, 2.45) is 7.05 Å². The summed E-state index contributed by atoms with van der Waals surface area (Å²) in [6, 6.07) is 9.64. The van der Waals surface area contributed by atoms with Crippen LogP contribution < -0.4 is 10.1 Å². The van der Waals surface area contributed by atoms with Crippen molar-refractivity contribution < 1.29 is 4.74 Å². The molecule has 2 heterocycles. The topological polar surface area (TPSA) is 52.0 Å². The number of nitrogens with zero attached hydrogens (tertiary/aromatic N) is 3. The number of aryl methyl sites for hydroxylation is 1. The van der Waals surface area contributed by atoms with Crippen LogP contribution in [0.4, 0.5) is 5.69 Å². The molecular formula is C14H14N4O. The number of pyridine rings is 1. The van der Waals surface area contributed by atoms with E-state index in [-0.39, 0.29) is 0 Å². The molecule has 19 heavy (non-hydrogen) atoms. The van der Waals surface area contributed by atoms with E-state index in [4.69, 9.17) is 4.74 Å². The number of anilines is 1. The Balaban J connectivity index is 1.96. The quantitative estimate of drug-likeness (QED) is 0.780. The highest BCUT2D eigenvalue weighted by Gasteiger charge is 2.06. The lowest BCUT2D eigenvalue weighted by Crippen LogP contribution is -1.95. The fraction of sp³-hybridized carbons (Fsp3) is 0.143. The molecule has 0 amide bonds. The van der Waals surface area contributed by atoms with Gasteiger partial charge < -0.3 is 10.1 Å². The smallest absolute Gasteiger partial charge is 0.242 e. The molecule has 96 valence electrons. The summed E-state index contributed by atoms with van der Waals surface area (Å²) in [6.07, 6.45) is 3.53. The summed E-state index contributed by atoms with van der Waals surface area (Å²) in [5.74, 6) is 1.31. The van der Waals surface area contributed by atoms with Gasteiger partial charge >= 0.3 is 0 Å². The van der Waals surface area contributed by atoms with Crippen molar-refractivity contribution in [2.75, 3.05) is 12.4 Å². The van der Waals surface area contributed by atoms with Gasteiger partial charge in [0.2, 0.25) is 5.88 Å². The largest absolute Gasteiger partial charge is 0.437 e. The standard InChI is InChI=1S/C14H14N4O/c1-15-12-4-3-7-16-14(12)19-11-5-6-13-10(8-11)9-17-18(13)2/h3-9,15H,1-2H3. The lowest BCUT2D eigenvalue weighted by Gasteiger charge is -2.09. The van der Waals surface area contributed by atoms with Gasteiger partial charge in [-0.2, -0.15) is 5.10 Å². The maximum Gasteiger partial charge on any atom is 0.242 e. The van der Waals surface area contributed by atoms with Crippen molar-refractivity contribution in [3.8, 4) is 11.6 Å². The highest BCUT2D eigenvalue weighted by Crippen LogP contribution is 2.28. The van der Waals surface area contributed by atoms with E-state index in [1.165, 1.54) is 0 Å². The van der Waals surface area contributed by atoms with Crippen molar-refractivity contribution in [2.45, 2.75) is 0 Å². The second kappa shape index (κ2) is 4.61. The summed E-state index contributed by atoms with van der Waals surface area (Å²) in [4.78, 5) is 4.22. The molecule has 0 spiro atoms. The van der Waals surface area contributed by atoms with Crippen molar-refractivity contribution >= 4 is 16.6 Å². The summed E-state index contributed by atoms with van der Waals surface area (Å²) in [5, 5.41) is 8.31. The zero-order valence-corrected chi connectivity index (χ0v) is 10.8. The van der Waals surface area contributed by atoms with E-state index in [9.17, 15) is 0 Å². The molecule has 0 aliphatic rings. The van der Waals surface area contributed by atoms with Crippen LogP contribution in [0.15, 0.2) is 42.7 Å². The lowest BCUT2D eigenvalue weighted by atomic mass is 10.2. The van der Waals surface area contributed by atoms with E-state index in [0.717, 1.165) is 22.3 Å². The number of fused-ring (bicyclic) bond motifs is 1. The van der Waals surface area contributed by atoms with Crippen LogP contribution in [-0.4, -0.2) is 21.8 Å². The molecule has 0 aliphatic carbocycles. The summed E-state index contributed by atoms with van der Waals surface area (Å²) in [7, 11) is 3.76. The molecule has 0 fully saturated rings. The second-order valence-electron chi connectivity index (χ2n) is 4.20. The van der Waals surface area contributed by atoms with Gasteiger partial charge in [-0.1, -0.05) is 0 Å². The number of nitrogens with one attached hydrogen (secondary N) is 1. The summed E-state index contributed by atoms with van der Waals surface area (Å²) in [5.41, 5.74) is 1.93. The van der Waals surface area contributed by atoms with Crippen LogP contribution in [0.5, 0.6) is 11.6 Å². The van der Waals surface area contributed by atoms with Gasteiger partial charge in [-0.05, 0) is 30.3 Å². The Kier molecular flexibility index (Phi) is 2.79. The molecule has 0 atom stereocenters. The minimum Gasteiger partial charge on any atom is -0.437 e. The third kappa shape index (κ3) is 2.10. The maximum atomic E-state index is 5.81. The molecule has 0 bridgehead atoms. The van der Waals surface area contributed by atoms with E-state index >= 15 is 0 Å². The Morgan fingerprint density at radius 3 is 3.00 bits per heavy atom. The van der Waals surface area contributed by atoms with Crippen LogP contribution in [0.2, 0.25) is 0 Å². The third-order valence-electron chi connectivity index (χ3n) is 2.97. The Hall–Kier alpha value is -2.56. The Bertz CT molecular complexity index is 720. The molecule has 1 N–H and O–H groups in total. The Labute approximate surface area is 110 Å². The van der Waals surface area contributed by atoms with Gasteiger partial charge in [0.1, 0.15) is 5.75 Å². The molecule has 3 aromatic rings. The fourth-order valence-electron chi connectivity index (χ4n) is 1.98. The molecular weight excluding hydrogens is 240 g/mol. The number of hydrogen-bond donors (Lipinski definition) is 1. The molecule has 0 radical (unpaired) electrons. The van der Waals surface area contributed by atoms with E-state index in [1.807, 2.05) is 55.3 Å². The normalized spacial score (nSPS) is 10.6. The first-order chi connectivity index (χ1) is 9.28. The van der Waals surface area contributed by atoms with Crippen LogP contribution in [-0.2, 0) is 7.05 Å². The lowest BCUT2D eigenvalue weighted by molar-refractivity contribution is 0.466. The van der Waals surface area contributed by atoms with Crippen LogP contribution in [0, 0.1) is 0 Å². The number of ether oxygens (including phenoxy) is 1. The zero-order chi connectivity index (χ0) is 13.2. The number of rotatable bonds is 3. The molecule has 3 rings (SSSR count). The average Bonchev–Trinajstić information content (AvgIpc) is 2.81. The van der Waals surface area contributed by atoms with Crippen LogP contribution in [0.3, 0.4) is 0 Å². The Morgan fingerprint density at radius 1 is 1.26 bits per heavy atom. The number of aromatic nitrogens is 3. The number of hydrogen-bond acceptors (Lipinski definition) is 4. The summed E-state index contributed by atoms with van der Waals surface area (Å²) >= 11 is 0. The first kappa shape index (κ1) is 11.5. The predicted molar refractivity (Wildman–Crippen MR) is 74.6 cm³/mol. The second-order valence-corrected chi connectivity index (χ2v) is 4.20. The van der Waals surface area contributed by atoms with E-state index in [2.05, 4.69) is 15.4 Å². The minimum atomic E-state index is 0.563. The van der Waals surface area contributed by atoms with Gasteiger partial charge in [0.25, 0.3) is 0 Å². The van der Waals surface area contributed by atoms with Crippen molar-refractivity contribution in [3.63, 3.8) is 0 Å². The molecule has 0 aliphatic heterocycles. The SMILES string of the molecule is CNc1cccnc1Oc1ccc2c(cnn2C)c1. The number of benzene rings is 1. The first-order valence-corrected chi connectivity index (χ1v) is 6.00. The fourth-order valence-corrected chi connectivity index (χ4v) is 1.98. The first-order valence-electron chi connectivity index (χ1n) is 6.00. The minimum absolute atomic E-state index is 0.563.